The minimum Gasteiger partial charge on any atom is -0.481 e. The van der Waals surface area contributed by atoms with E-state index in [4.69, 9.17) is 16.3 Å². The van der Waals surface area contributed by atoms with Gasteiger partial charge < -0.3 is 9.47 Å². The van der Waals surface area contributed by atoms with E-state index in [2.05, 4.69) is 9.72 Å². The zero-order valence-electron chi connectivity index (χ0n) is 8.55. The molecule has 8 heteroatoms. The number of nitrogens with zero attached hydrogens (tertiary/aromatic N) is 1. The highest BCUT2D eigenvalue weighted by Gasteiger charge is 2.33. The average Bonchev–Trinajstić information content (AvgIpc) is 2.26. The number of aromatic nitrogens is 1. The van der Waals surface area contributed by atoms with Crippen LogP contribution in [0.5, 0.6) is 11.6 Å². The molecular weight excluding hydrogens is 263 g/mol. The van der Waals surface area contributed by atoms with Gasteiger partial charge in [0.05, 0.1) is 24.8 Å². The number of ether oxygens (including phenoxy) is 2. The summed E-state index contributed by atoms with van der Waals surface area (Å²) in [7, 11) is 1.26. The molecule has 0 saturated carbocycles. The topological polar surface area (TPSA) is 48.4 Å². The molecule has 1 aromatic heterocycles. The van der Waals surface area contributed by atoms with Gasteiger partial charge in [-0.15, -0.1) is 24.8 Å². The van der Waals surface area contributed by atoms with Crippen LogP contribution in [0.1, 0.15) is 15.9 Å². The molecular formula is C9H7ClF3NO3. The zero-order valence-corrected chi connectivity index (χ0v) is 9.30. The predicted octanol–water partition coefficient (Wildman–Crippen LogP) is 2.54. The summed E-state index contributed by atoms with van der Waals surface area (Å²) in [6.45, 7) is 0. The molecule has 0 saturated heterocycles. The van der Waals surface area contributed by atoms with Gasteiger partial charge in [0.1, 0.15) is 0 Å². The van der Waals surface area contributed by atoms with Crippen molar-refractivity contribution in [3.8, 4) is 11.6 Å². The number of methoxy groups -OCH3 is 1. The number of carbonyl (C=O) groups excluding carboxylic acids is 1. The fraction of sp³-hybridized carbons (Fsp3) is 0.333. The van der Waals surface area contributed by atoms with Crippen molar-refractivity contribution in [1.29, 1.82) is 0 Å². The second-order valence-corrected chi connectivity index (χ2v) is 3.09. The lowest BCUT2D eigenvalue weighted by atomic mass is 10.1. The highest BCUT2D eigenvalue weighted by Crippen LogP contribution is 2.31. The second kappa shape index (κ2) is 5.22. The van der Waals surface area contributed by atoms with Crippen molar-refractivity contribution in [3.05, 3.63) is 17.3 Å². The highest BCUT2D eigenvalue weighted by molar-refractivity contribution is 6.17. The minimum absolute atomic E-state index is 0.0170. The van der Waals surface area contributed by atoms with Crippen LogP contribution in [0, 0.1) is 0 Å². The van der Waals surface area contributed by atoms with E-state index in [1.807, 2.05) is 0 Å². The van der Waals surface area contributed by atoms with Crippen molar-refractivity contribution >= 4 is 17.9 Å². The normalized spacial score (nSPS) is 11.1. The van der Waals surface area contributed by atoms with Crippen LogP contribution in [0.25, 0.3) is 0 Å². The molecule has 0 spiro atoms. The zero-order chi connectivity index (χ0) is 13.1. The first-order valence-corrected chi connectivity index (χ1v) is 4.79. The third kappa shape index (κ3) is 3.23. The lowest BCUT2D eigenvalue weighted by Crippen LogP contribution is -2.19. The summed E-state index contributed by atoms with van der Waals surface area (Å²) >= 11 is 5.52. The molecule has 0 fully saturated rings. The standard InChI is InChI=1S/C9H7ClF3NO3/c1-16-8-5(2-10)6(4-15)7(3-14-8)17-9(11,12)13/h3-4H,2H2,1H3. The molecule has 94 valence electrons. The number of hydrogen-bond acceptors (Lipinski definition) is 4. The van der Waals surface area contributed by atoms with Crippen molar-refractivity contribution in [3.63, 3.8) is 0 Å². The van der Waals surface area contributed by atoms with Crippen molar-refractivity contribution in [2.75, 3.05) is 7.11 Å². The molecule has 0 N–H and O–H groups in total. The van der Waals surface area contributed by atoms with Crippen LogP contribution in [0.4, 0.5) is 13.2 Å². The molecule has 0 radical (unpaired) electrons. The van der Waals surface area contributed by atoms with Crippen molar-refractivity contribution in [2.45, 2.75) is 12.2 Å². The van der Waals surface area contributed by atoms with Crippen LogP contribution in [0.3, 0.4) is 0 Å². The molecule has 1 aromatic rings. The monoisotopic (exact) mass is 269 g/mol. The van der Waals surface area contributed by atoms with E-state index in [1.165, 1.54) is 7.11 Å². The molecule has 0 atom stereocenters. The second-order valence-electron chi connectivity index (χ2n) is 2.82. The van der Waals surface area contributed by atoms with Crippen LogP contribution in [0.15, 0.2) is 6.20 Å². The Morgan fingerprint density at radius 3 is 2.59 bits per heavy atom. The van der Waals surface area contributed by atoms with Crippen LogP contribution in [-0.2, 0) is 5.88 Å². The Hall–Kier alpha value is -1.50. The van der Waals surface area contributed by atoms with Gasteiger partial charge in [-0.25, -0.2) is 4.98 Å². The molecule has 4 nitrogen and oxygen atoms in total. The van der Waals surface area contributed by atoms with E-state index in [1.54, 1.807) is 0 Å². The Labute approximate surface area is 99.3 Å². The third-order valence-corrected chi connectivity index (χ3v) is 2.09. The van der Waals surface area contributed by atoms with E-state index >= 15 is 0 Å². The number of aldehydes is 1. The van der Waals surface area contributed by atoms with Crippen molar-refractivity contribution in [1.82, 2.24) is 4.98 Å². The van der Waals surface area contributed by atoms with Gasteiger partial charge in [-0.2, -0.15) is 0 Å². The van der Waals surface area contributed by atoms with Crippen LogP contribution in [-0.4, -0.2) is 24.7 Å². The molecule has 0 aromatic carbocycles. The fourth-order valence-electron chi connectivity index (χ4n) is 1.17. The molecule has 0 bridgehead atoms. The van der Waals surface area contributed by atoms with E-state index in [0.29, 0.717) is 0 Å². The maximum absolute atomic E-state index is 12.0. The van der Waals surface area contributed by atoms with E-state index < -0.39 is 12.1 Å². The maximum atomic E-state index is 12.0. The van der Waals surface area contributed by atoms with Gasteiger partial charge in [0.2, 0.25) is 5.88 Å². The summed E-state index contributed by atoms with van der Waals surface area (Å²) in [6, 6.07) is 0. The van der Waals surface area contributed by atoms with Gasteiger partial charge in [-0.3, -0.25) is 4.79 Å². The number of carbonyl (C=O) groups is 1. The number of pyridine rings is 1. The van der Waals surface area contributed by atoms with Crippen LogP contribution in [0.2, 0.25) is 0 Å². The summed E-state index contributed by atoms with van der Waals surface area (Å²) in [5, 5.41) is 0. The maximum Gasteiger partial charge on any atom is 0.573 e. The molecule has 0 aliphatic rings. The van der Waals surface area contributed by atoms with Crippen LogP contribution < -0.4 is 9.47 Å². The Morgan fingerprint density at radius 1 is 1.53 bits per heavy atom. The van der Waals surface area contributed by atoms with Gasteiger partial charge in [0, 0.05) is 5.56 Å². The highest BCUT2D eigenvalue weighted by atomic mass is 35.5. The fourth-order valence-corrected chi connectivity index (χ4v) is 1.43. The van der Waals surface area contributed by atoms with Crippen molar-refractivity contribution < 1.29 is 27.4 Å². The van der Waals surface area contributed by atoms with E-state index in [-0.39, 0.29) is 29.2 Å². The molecule has 0 aliphatic carbocycles. The molecule has 0 amide bonds. The molecule has 0 unspecified atom stereocenters. The Balaban J connectivity index is 3.28. The summed E-state index contributed by atoms with van der Waals surface area (Å²) in [5.41, 5.74) is -0.282. The lowest BCUT2D eigenvalue weighted by Gasteiger charge is -2.13. The van der Waals surface area contributed by atoms with Gasteiger partial charge in [0.15, 0.2) is 12.0 Å². The first-order valence-electron chi connectivity index (χ1n) is 4.25. The number of alkyl halides is 4. The number of rotatable bonds is 4. The summed E-state index contributed by atoms with van der Waals surface area (Å²) < 4.78 is 44.6. The number of halogens is 4. The quantitative estimate of drug-likeness (QED) is 0.622. The molecule has 1 heterocycles. The Kier molecular flexibility index (Phi) is 4.17. The van der Waals surface area contributed by atoms with Gasteiger partial charge >= 0.3 is 6.36 Å². The van der Waals surface area contributed by atoms with Gasteiger partial charge in [0.25, 0.3) is 0 Å². The smallest absolute Gasteiger partial charge is 0.481 e. The largest absolute Gasteiger partial charge is 0.573 e. The minimum atomic E-state index is -4.91. The summed E-state index contributed by atoms with van der Waals surface area (Å²) in [6.07, 6.45) is -3.94. The van der Waals surface area contributed by atoms with E-state index in [0.717, 1.165) is 6.20 Å². The first kappa shape index (κ1) is 13.6. The predicted molar refractivity (Wildman–Crippen MR) is 52.4 cm³/mol. The van der Waals surface area contributed by atoms with Crippen molar-refractivity contribution in [2.24, 2.45) is 0 Å². The Morgan fingerprint density at radius 2 is 2.18 bits per heavy atom. The lowest BCUT2D eigenvalue weighted by molar-refractivity contribution is -0.274. The van der Waals surface area contributed by atoms with Gasteiger partial charge in [-0.1, -0.05) is 0 Å². The average molecular weight is 270 g/mol. The summed E-state index contributed by atoms with van der Waals surface area (Å²) in [5.74, 6) is -0.945. The third-order valence-electron chi connectivity index (χ3n) is 1.82. The summed E-state index contributed by atoms with van der Waals surface area (Å²) in [4.78, 5) is 14.3. The number of hydrogen-bond donors (Lipinski definition) is 0. The molecule has 17 heavy (non-hydrogen) atoms. The van der Waals surface area contributed by atoms with Gasteiger partial charge in [-0.05, 0) is 0 Å². The van der Waals surface area contributed by atoms with Crippen LogP contribution >= 0.6 is 11.6 Å². The molecule has 1 rings (SSSR count). The molecule has 0 aliphatic heterocycles. The SMILES string of the molecule is COc1ncc(OC(F)(F)F)c(C=O)c1CCl. The Bertz CT molecular complexity index is 423. The van der Waals surface area contributed by atoms with E-state index in [9.17, 15) is 18.0 Å². The first-order chi connectivity index (χ1) is 7.92.